The highest BCUT2D eigenvalue weighted by atomic mass is 19.4. The molecule has 0 spiro atoms. The Morgan fingerprint density at radius 1 is 1.10 bits per heavy atom. The van der Waals surface area contributed by atoms with Crippen LogP contribution in [0.4, 0.5) is 18.9 Å². The van der Waals surface area contributed by atoms with Crippen LogP contribution in [0.5, 0.6) is 0 Å². The lowest BCUT2D eigenvalue weighted by molar-refractivity contribution is -0.137. The molecule has 1 fully saturated rings. The molecule has 0 radical (unpaired) electrons. The number of carbonyl (C=O) groups is 1. The molecular weight excluding hydrogens is 409 g/mol. The molecule has 10 heteroatoms. The number of carbonyl (C=O) groups excluding carboxylic acids is 1. The Labute approximate surface area is 176 Å². The molecule has 0 bridgehead atoms. The number of pyridine rings is 2. The van der Waals surface area contributed by atoms with E-state index < -0.39 is 11.7 Å². The molecule has 0 unspecified atom stereocenters. The highest BCUT2D eigenvalue weighted by Gasteiger charge is 2.31. The van der Waals surface area contributed by atoms with Crippen LogP contribution in [-0.2, 0) is 6.18 Å². The van der Waals surface area contributed by atoms with Gasteiger partial charge in [-0.2, -0.15) is 18.3 Å². The van der Waals surface area contributed by atoms with Crippen molar-refractivity contribution in [1.82, 2.24) is 25.1 Å². The van der Waals surface area contributed by atoms with E-state index in [9.17, 15) is 18.0 Å². The van der Waals surface area contributed by atoms with Gasteiger partial charge in [-0.15, -0.1) is 0 Å². The van der Waals surface area contributed by atoms with Crippen LogP contribution < -0.4 is 10.6 Å². The SMILES string of the molecule is Cc1c(C(=O)Nc2ccc(C3CCNCC3)nc2)cnn1-c1ccc(C(F)(F)F)cn1. The highest BCUT2D eigenvalue weighted by molar-refractivity contribution is 6.04. The predicted molar refractivity (Wildman–Crippen MR) is 108 cm³/mol. The van der Waals surface area contributed by atoms with E-state index in [0.29, 0.717) is 22.9 Å². The van der Waals surface area contributed by atoms with E-state index in [0.717, 1.165) is 43.9 Å². The van der Waals surface area contributed by atoms with Gasteiger partial charge in [0.05, 0.1) is 34.9 Å². The molecule has 162 valence electrons. The normalized spacial score (nSPS) is 15.1. The number of piperidine rings is 1. The minimum absolute atomic E-state index is 0.192. The van der Waals surface area contributed by atoms with E-state index in [1.54, 1.807) is 13.1 Å². The van der Waals surface area contributed by atoms with Crippen molar-refractivity contribution in [2.45, 2.75) is 31.9 Å². The highest BCUT2D eigenvalue weighted by Crippen LogP contribution is 2.29. The summed E-state index contributed by atoms with van der Waals surface area (Å²) in [5.41, 5.74) is 1.48. The number of rotatable bonds is 4. The lowest BCUT2D eigenvalue weighted by Crippen LogP contribution is -2.27. The van der Waals surface area contributed by atoms with Gasteiger partial charge in [0.25, 0.3) is 5.91 Å². The molecule has 1 aliphatic rings. The topological polar surface area (TPSA) is 84.7 Å². The quantitative estimate of drug-likeness (QED) is 0.659. The summed E-state index contributed by atoms with van der Waals surface area (Å²) >= 11 is 0. The van der Waals surface area contributed by atoms with Gasteiger partial charge in [0.2, 0.25) is 0 Å². The van der Waals surface area contributed by atoms with Gasteiger partial charge in [0, 0.05) is 17.8 Å². The Bertz CT molecular complexity index is 1050. The number of anilines is 1. The molecule has 0 aromatic carbocycles. The number of nitrogens with one attached hydrogen (secondary N) is 2. The molecule has 1 aliphatic heterocycles. The lowest BCUT2D eigenvalue weighted by Gasteiger charge is -2.22. The molecule has 7 nitrogen and oxygen atoms in total. The van der Waals surface area contributed by atoms with Gasteiger partial charge in [-0.3, -0.25) is 9.78 Å². The van der Waals surface area contributed by atoms with Crippen molar-refractivity contribution in [3.05, 3.63) is 65.4 Å². The van der Waals surface area contributed by atoms with Crippen LogP contribution in [0.1, 0.15) is 46.1 Å². The first kappa shape index (κ1) is 21.0. The fourth-order valence-electron chi connectivity index (χ4n) is 3.58. The Kier molecular flexibility index (Phi) is 5.73. The number of hydrogen-bond acceptors (Lipinski definition) is 5. The summed E-state index contributed by atoms with van der Waals surface area (Å²) in [6.45, 7) is 3.60. The Balaban J connectivity index is 1.46. The van der Waals surface area contributed by atoms with Gasteiger partial charge in [0.1, 0.15) is 0 Å². The lowest BCUT2D eigenvalue weighted by atomic mass is 9.94. The zero-order valence-electron chi connectivity index (χ0n) is 16.8. The molecule has 1 saturated heterocycles. The molecule has 0 atom stereocenters. The number of halogens is 3. The second-order valence-corrected chi connectivity index (χ2v) is 7.41. The zero-order chi connectivity index (χ0) is 22.0. The second-order valence-electron chi connectivity index (χ2n) is 7.41. The molecule has 3 aromatic rings. The minimum Gasteiger partial charge on any atom is -0.320 e. The van der Waals surface area contributed by atoms with E-state index in [-0.39, 0.29) is 11.7 Å². The molecule has 2 N–H and O–H groups in total. The van der Waals surface area contributed by atoms with E-state index in [2.05, 4.69) is 25.7 Å². The number of nitrogens with zero attached hydrogens (tertiary/aromatic N) is 4. The number of amides is 1. The van der Waals surface area contributed by atoms with Crippen LogP contribution in [0.2, 0.25) is 0 Å². The van der Waals surface area contributed by atoms with Crippen molar-refractivity contribution in [2.75, 3.05) is 18.4 Å². The van der Waals surface area contributed by atoms with Crippen molar-refractivity contribution >= 4 is 11.6 Å². The third-order valence-electron chi connectivity index (χ3n) is 5.35. The van der Waals surface area contributed by atoms with Gasteiger partial charge in [0.15, 0.2) is 5.82 Å². The number of hydrogen-bond donors (Lipinski definition) is 2. The van der Waals surface area contributed by atoms with Gasteiger partial charge in [-0.1, -0.05) is 0 Å². The van der Waals surface area contributed by atoms with E-state index in [4.69, 9.17) is 0 Å². The van der Waals surface area contributed by atoms with Gasteiger partial charge < -0.3 is 10.6 Å². The van der Waals surface area contributed by atoms with Crippen molar-refractivity contribution in [2.24, 2.45) is 0 Å². The fraction of sp³-hybridized carbons (Fsp3) is 0.333. The standard InChI is InChI=1S/C21H21F3N6O/c1-13-17(12-28-30(13)19-5-2-15(10-27-19)21(22,23)24)20(31)29-16-3-4-18(26-11-16)14-6-8-25-9-7-14/h2-5,10-12,14,25H,6-9H2,1H3,(H,29,31). The molecular formula is C21H21F3N6O. The smallest absolute Gasteiger partial charge is 0.320 e. The Morgan fingerprint density at radius 2 is 1.87 bits per heavy atom. The number of alkyl halides is 3. The molecule has 1 amide bonds. The van der Waals surface area contributed by atoms with Crippen molar-refractivity contribution in [1.29, 1.82) is 0 Å². The average Bonchev–Trinajstić information content (AvgIpc) is 3.16. The van der Waals surface area contributed by atoms with Gasteiger partial charge >= 0.3 is 6.18 Å². The first-order valence-electron chi connectivity index (χ1n) is 9.89. The summed E-state index contributed by atoms with van der Waals surface area (Å²) in [6.07, 6.45) is 1.34. The second kappa shape index (κ2) is 8.46. The maximum atomic E-state index is 12.7. The fourth-order valence-corrected chi connectivity index (χ4v) is 3.58. The van der Waals surface area contributed by atoms with Crippen molar-refractivity contribution < 1.29 is 18.0 Å². The maximum Gasteiger partial charge on any atom is 0.417 e. The molecule has 4 rings (SSSR count). The molecule has 4 heterocycles. The van der Waals surface area contributed by atoms with Gasteiger partial charge in [-0.05, 0) is 57.1 Å². The first-order valence-corrected chi connectivity index (χ1v) is 9.89. The molecule has 3 aromatic heterocycles. The summed E-state index contributed by atoms with van der Waals surface area (Å²) in [7, 11) is 0. The third kappa shape index (κ3) is 4.58. The van der Waals surface area contributed by atoms with E-state index in [1.165, 1.54) is 16.9 Å². The third-order valence-corrected chi connectivity index (χ3v) is 5.35. The molecule has 31 heavy (non-hydrogen) atoms. The zero-order valence-corrected chi connectivity index (χ0v) is 16.8. The first-order chi connectivity index (χ1) is 14.8. The van der Waals surface area contributed by atoms with Crippen molar-refractivity contribution in [3.63, 3.8) is 0 Å². The summed E-state index contributed by atoms with van der Waals surface area (Å²) in [6, 6.07) is 5.89. The van der Waals surface area contributed by atoms with Gasteiger partial charge in [-0.25, -0.2) is 9.67 Å². The summed E-state index contributed by atoms with van der Waals surface area (Å²) in [5.74, 6) is 0.229. The van der Waals surface area contributed by atoms with Crippen LogP contribution in [-0.4, -0.2) is 38.7 Å². The largest absolute Gasteiger partial charge is 0.417 e. The van der Waals surface area contributed by atoms with Crippen LogP contribution in [0.15, 0.2) is 42.9 Å². The van der Waals surface area contributed by atoms with Crippen LogP contribution in [0, 0.1) is 6.92 Å². The summed E-state index contributed by atoms with van der Waals surface area (Å²) < 4.78 is 39.5. The van der Waals surface area contributed by atoms with Crippen LogP contribution in [0.3, 0.4) is 0 Å². The average molecular weight is 430 g/mol. The molecule has 0 saturated carbocycles. The number of aromatic nitrogens is 4. The Hall–Kier alpha value is -3.27. The molecule has 0 aliphatic carbocycles. The van der Waals surface area contributed by atoms with Crippen LogP contribution >= 0.6 is 0 Å². The van der Waals surface area contributed by atoms with Crippen molar-refractivity contribution in [3.8, 4) is 5.82 Å². The maximum absolute atomic E-state index is 12.7. The summed E-state index contributed by atoms with van der Waals surface area (Å²) in [5, 5.41) is 10.2. The van der Waals surface area contributed by atoms with E-state index >= 15 is 0 Å². The van der Waals surface area contributed by atoms with E-state index in [1.807, 2.05) is 12.1 Å². The van der Waals surface area contributed by atoms with Crippen LogP contribution in [0.25, 0.3) is 5.82 Å². The summed E-state index contributed by atoms with van der Waals surface area (Å²) in [4.78, 5) is 21.0. The Morgan fingerprint density at radius 3 is 2.48 bits per heavy atom. The monoisotopic (exact) mass is 430 g/mol. The minimum atomic E-state index is -4.47. The predicted octanol–water partition coefficient (Wildman–Crippen LogP) is 3.71.